The van der Waals surface area contributed by atoms with E-state index in [2.05, 4.69) is 30.6 Å². The Morgan fingerprint density at radius 2 is 1.11 bits per heavy atom. The minimum absolute atomic E-state index is 0.169. The van der Waals surface area contributed by atoms with Gasteiger partial charge in [0.25, 0.3) is 0 Å². The fraction of sp³-hybridized carbons (Fsp3) is 0.450. The SMILES string of the molecule is COC(=O)N[C@@H](C(=O)N1CCC[C@@H]1c1ncc(-c2ccc3c(c2)S(=O)(=O)c2cc(-c4cnc([C@H]5CCCN5C(=O)[C@H](NC(=O)OC)C(C)C)[nH]4)ccc2-3)[nH]1)C(C)C. The zero-order valence-corrected chi connectivity index (χ0v) is 33.6. The molecule has 0 bridgehead atoms. The van der Waals surface area contributed by atoms with Gasteiger partial charge in [-0.1, -0.05) is 52.0 Å². The molecule has 4 amide bonds. The molecule has 0 unspecified atom stereocenters. The Balaban J connectivity index is 1.10. The number of sulfone groups is 1. The topological polar surface area (TPSA) is 209 Å². The zero-order valence-electron chi connectivity index (χ0n) is 32.8. The van der Waals surface area contributed by atoms with Gasteiger partial charge in [-0.3, -0.25) is 9.59 Å². The number of aromatic amines is 2. The average Bonchev–Trinajstić information content (AvgIpc) is 4.05. The molecule has 302 valence electrons. The van der Waals surface area contributed by atoms with E-state index in [0.717, 1.165) is 12.8 Å². The number of ether oxygens (including phenoxy) is 2. The molecular weight excluding hydrogens is 753 g/mol. The smallest absolute Gasteiger partial charge is 0.407 e. The van der Waals surface area contributed by atoms with Crippen molar-refractivity contribution in [3.05, 3.63) is 60.4 Å². The van der Waals surface area contributed by atoms with Crippen molar-refractivity contribution in [1.29, 1.82) is 0 Å². The quantitative estimate of drug-likeness (QED) is 0.142. The van der Waals surface area contributed by atoms with Gasteiger partial charge in [-0.05, 0) is 49.7 Å². The Kier molecular flexibility index (Phi) is 10.9. The fourth-order valence-electron chi connectivity index (χ4n) is 8.08. The van der Waals surface area contributed by atoms with E-state index < -0.39 is 34.1 Å². The predicted octanol–water partition coefficient (Wildman–Crippen LogP) is 5.37. The van der Waals surface area contributed by atoms with Crippen molar-refractivity contribution < 1.29 is 37.1 Å². The Morgan fingerprint density at radius 3 is 1.47 bits per heavy atom. The van der Waals surface area contributed by atoms with Crippen LogP contribution in [-0.4, -0.2) is 102 Å². The summed E-state index contributed by atoms with van der Waals surface area (Å²) in [5.41, 5.74) is 3.66. The van der Waals surface area contributed by atoms with Gasteiger partial charge in [0.05, 0.1) is 59.9 Å². The highest BCUT2D eigenvalue weighted by Crippen LogP contribution is 2.46. The third-order valence-corrected chi connectivity index (χ3v) is 13.0. The summed E-state index contributed by atoms with van der Waals surface area (Å²) in [6.07, 6.45) is 4.83. The first-order valence-corrected chi connectivity index (χ1v) is 20.7. The molecule has 7 rings (SSSR count). The van der Waals surface area contributed by atoms with Gasteiger partial charge >= 0.3 is 12.2 Å². The molecule has 2 aromatic carbocycles. The molecule has 16 nitrogen and oxygen atoms in total. The lowest BCUT2D eigenvalue weighted by Gasteiger charge is -2.30. The molecule has 0 radical (unpaired) electrons. The van der Waals surface area contributed by atoms with Gasteiger partial charge in [0.15, 0.2) is 0 Å². The predicted molar refractivity (Wildman–Crippen MR) is 208 cm³/mol. The van der Waals surface area contributed by atoms with Crippen LogP contribution in [0.1, 0.15) is 77.1 Å². The summed E-state index contributed by atoms with van der Waals surface area (Å²) in [6.45, 7) is 8.45. The van der Waals surface area contributed by atoms with Crippen LogP contribution in [0.5, 0.6) is 0 Å². The van der Waals surface area contributed by atoms with Crippen LogP contribution in [0.4, 0.5) is 9.59 Å². The van der Waals surface area contributed by atoms with Gasteiger partial charge < -0.3 is 39.9 Å². The van der Waals surface area contributed by atoms with Crippen LogP contribution in [0, 0.1) is 11.8 Å². The molecule has 4 atom stereocenters. The lowest BCUT2D eigenvalue weighted by molar-refractivity contribution is -0.136. The van der Waals surface area contributed by atoms with E-state index in [4.69, 9.17) is 9.47 Å². The second-order valence-electron chi connectivity index (χ2n) is 15.4. The van der Waals surface area contributed by atoms with Crippen LogP contribution in [0.25, 0.3) is 33.6 Å². The van der Waals surface area contributed by atoms with Crippen LogP contribution in [0.15, 0.2) is 58.6 Å². The fourth-order valence-corrected chi connectivity index (χ4v) is 9.82. The minimum atomic E-state index is -3.91. The summed E-state index contributed by atoms with van der Waals surface area (Å²) in [7, 11) is -1.39. The number of amides is 4. The highest BCUT2D eigenvalue weighted by molar-refractivity contribution is 7.92. The van der Waals surface area contributed by atoms with Crippen molar-refractivity contribution in [1.82, 2.24) is 40.4 Å². The van der Waals surface area contributed by atoms with E-state index in [0.29, 0.717) is 71.2 Å². The lowest BCUT2D eigenvalue weighted by atomic mass is 10.0. The van der Waals surface area contributed by atoms with E-state index in [1.807, 2.05) is 39.8 Å². The van der Waals surface area contributed by atoms with Gasteiger partial charge in [0, 0.05) is 35.3 Å². The van der Waals surface area contributed by atoms with Gasteiger partial charge in [0.2, 0.25) is 21.7 Å². The highest BCUT2D eigenvalue weighted by Gasteiger charge is 2.40. The summed E-state index contributed by atoms with van der Waals surface area (Å²) >= 11 is 0. The van der Waals surface area contributed by atoms with Crippen LogP contribution in [-0.2, 0) is 28.9 Å². The Morgan fingerprint density at radius 1 is 0.702 bits per heavy atom. The van der Waals surface area contributed by atoms with Crippen molar-refractivity contribution in [2.45, 2.75) is 87.3 Å². The number of alkyl carbamates (subject to hydrolysis) is 2. The normalized spacial score (nSPS) is 19.3. The van der Waals surface area contributed by atoms with E-state index >= 15 is 0 Å². The lowest BCUT2D eigenvalue weighted by Crippen LogP contribution is -2.51. The number of carbonyl (C=O) groups excluding carboxylic acids is 4. The molecule has 3 aliphatic heterocycles. The number of nitrogens with one attached hydrogen (secondary N) is 4. The summed E-state index contributed by atoms with van der Waals surface area (Å²) < 4.78 is 37.7. The number of aromatic nitrogens is 4. The number of hydrogen-bond donors (Lipinski definition) is 4. The van der Waals surface area contributed by atoms with Crippen molar-refractivity contribution in [3.63, 3.8) is 0 Å². The first-order valence-electron chi connectivity index (χ1n) is 19.2. The maximum absolute atomic E-state index is 14.1. The summed E-state index contributed by atoms with van der Waals surface area (Å²) in [4.78, 5) is 70.9. The molecule has 4 aromatic rings. The molecule has 17 heteroatoms. The second-order valence-corrected chi connectivity index (χ2v) is 17.3. The average molecular weight is 801 g/mol. The molecule has 3 aliphatic rings. The highest BCUT2D eigenvalue weighted by atomic mass is 32.2. The maximum Gasteiger partial charge on any atom is 0.407 e. The van der Waals surface area contributed by atoms with Crippen LogP contribution >= 0.6 is 0 Å². The summed E-state index contributed by atoms with van der Waals surface area (Å²) in [5, 5.41) is 5.31. The zero-order chi connectivity index (χ0) is 40.8. The van der Waals surface area contributed by atoms with Crippen molar-refractivity contribution >= 4 is 33.8 Å². The molecular formula is C40H48N8O8S. The Hall–Kier alpha value is -5.71. The number of carbonyl (C=O) groups is 4. The maximum atomic E-state index is 14.1. The van der Waals surface area contributed by atoms with Gasteiger partial charge in [-0.15, -0.1) is 0 Å². The Bertz CT molecular complexity index is 2160. The number of hydrogen-bond acceptors (Lipinski definition) is 10. The largest absolute Gasteiger partial charge is 0.453 e. The first-order chi connectivity index (χ1) is 27.2. The molecule has 4 N–H and O–H groups in total. The number of fused-ring (bicyclic) bond motifs is 3. The van der Waals surface area contributed by atoms with Crippen LogP contribution in [0.3, 0.4) is 0 Å². The molecule has 0 saturated carbocycles. The standard InChI is InChI=1S/C40H48N8O8S/c1-21(2)33(45-39(51)55-5)37(49)47-15-7-9-29(47)35-41-19-27(43-35)23-11-13-25-26-14-12-24(18-32(26)57(53,54)31(25)17-23)28-20-42-36(44-28)30-10-8-16-48(30)38(50)34(22(3)4)46-40(52)56-6/h11-14,17-22,29-30,33-34H,7-10,15-16H2,1-6H3,(H,41,43)(H,42,44)(H,45,51)(H,46,52)/t29-,30-,33-,34-/m1/s1. The number of methoxy groups -OCH3 is 2. The van der Waals surface area contributed by atoms with Gasteiger partial charge in [0.1, 0.15) is 23.7 Å². The summed E-state index contributed by atoms with van der Waals surface area (Å²) in [6, 6.07) is 8.38. The molecule has 2 aromatic heterocycles. The van der Waals surface area contributed by atoms with Crippen molar-refractivity contribution in [2.75, 3.05) is 27.3 Å². The number of benzene rings is 2. The van der Waals surface area contributed by atoms with Crippen molar-refractivity contribution in [3.8, 4) is 33.6 Å². The number of nitrogens with zero attached hydrogens (tertiary/aromatic N) is 4. The van der Waals surface area contributed by atoms with E-state index in [9.17, 15) is 27.6 Å². The Labute approximate surface area is 331 Å². The number of H-pyrrole nitrogens is 2. The number of imidazole rings is 2. The molecule has 0 spiro atoms. The second kappa shape index (κ2) is 15.7. The molecule has 2 saturated heterocycles. The van der Waals surface area contributed by atoms with Gasteiger partial charge in [-0.2, -0.15) is 0 Å². The molecule has 5 heterocycles. The van der Waals surface area contributed by atoms with E-state index in [1.54, 1.807) is 46.5 Å². The van der Waals surface area contributed by atoms with Crippen LogP contribution < -0.4 is 10.6 Å². The minimum Gasteiger partial charge on any atom is -0.453 e. The monoisotopic (exact) mass is 800 g/mol. The number of rotatable bonds is 10. The van der Waals surface area contributed by atoms with E-state index in [-0.39, 0.29) is 45.5 Å². The van der Waals surface area contributed by atoms with Crippen LogP contribution in [0.2, 0.25) is 0 Å². The third kappa shape index (κ3) is 7.35. The summed E-state index contributed by atoms with van der Waals surface area (Å²) in [5.74, 6) is 0.380. The number of likely N-dealkylation sites (tertiary alicyclic amines) is 2. The van der Waals surface area contributed by atoms with Crippen molar-refractivity contribution in [2.24, 2.45) is 11.8 Å². The van der Waals surface area contributed by atoms with E-state index in [1.165, 1.54) is 14.2 Å². The first kappa shape index (κ1) is 39.5. The third-order valence-electron chi connectivity index (χ3n) is 11.1. The van der Waals surface area contributed by atoms with Gasteiger partial charge in [-0.25, -0.2) is 28.0 Å². The molecule has 57 heavy (non-hydrogen) atoms. The molecule has 2 fully saturated rings. The molecule has 0 aliphatic carbocycles.